The van der Waals surface area contributed by atoms with Crippen LogP contribution in [0.4, 0.5) is 8.78 Å². The van der Waals surface area contributed by atoms with Gasteiger partial charge in [0.1, 0.15) is 17.4 Å². The van der Waals surface area contributed by atoms with E-state index in [9.17, 15) is 13.6 Å². The molecule has 6 heteroatoms. The van der Waals surface area contributed by atoms with Crippen LogP contribution < -0.4 is 4.74 Å². The van der Waals surface area contributed by atoms with E-state index in [1.54, 1.807) is 61.3 Å². The van der Waals surface area contributed by atoms with E-state index < -0.39 is 0 Å². The molecule has 0 aliphatic carbocycles. The maximum Gasteiger partial charge on any atom is 0.193 e. The quantitative estimate of drug-likeness (QED) is 0.183. The molecule has 0 fully saturated rings. The van der Waals surface area contributed by atoms with Crippen molar-refractivity contribution in [2.75, 3.05) is 7.11 Å². The Balaban J connectivity index is 1.29. The highest BCUT2D eigenvalue weighted by molar-refractivity contribution is 7.99. The van der Waals surface area contributed by atoms with E-state index in [2.05, 4.69) is 0 Å². The topological polar surface area (TPSA) is 26.3 Å². The minimum atomic E-state index is -0.314. The zero-order valence-electron chi connectivity index (χ0n) is 20.4. The zero-order valence-corrected chi connectivity index (χ0v) is 22.0. The first-order valence-electron chi connectivity index (χ1n) is 11.8. The van der Waals surface area contributed by atoms with Gasteiger partial charge < -0.3 is 4.74 Å². The third kappa shape index (κ3) is 6.15. The van der Waals surface area contributed by atoms with Crippen LogP contribution in [-0.4, -0.2) is 12.9 Å². The average Bonchev–Trinajstić information content (AvgIpc) is 2.96. The number of methoxy groups -OCH3 is 1. The van der Waals surface area contributed by atoms with Gasteiger partial charge in [-0.05, 0) is 114 Å². The van der Waals surface area contributed by atoms with Crippen LogP contribution in [0.5, 0.6) is 5.75 Å². The Labute approximate surface area is 228 Å². The molecule has 5 aromatic carbocycles. The Morgan fingerprint density at radius 2 is 1.11 bits per heavy atom. The minimum absolute atomic E-state index is 0.0436. The molecule has 0 radical (unpaired) electrons. The molecule has 0 amide bonds. The molecule has 0 aliphatic heterocycles. The van der Waals surface area contributed by atoms with Crippen LogP contribution in [0, 0.1) is 11.6 Å². The SMILES string of the molecule is COc1ccc(C(=O)c2ccc(Sc3ccc(-c4cc(F)ccc4Sc4ccc(F)cc4)cc3)cc2)cc1. The third-order valence-corrected chi connectivity index (χ3v) is 7.95. The van der Waals surface area contributed by atoms with Crippen molar-refractivity contribution in [1.82, 2.24) is 0 Å². The summed E-state index contributed by atoms with van der Waals surface area (Å²) in [5.74, 6) is 0.0592. The highest BCUT2D eigenvalue weighted by Gasteiger charge is 2.11. The lowest BCUT2D eigenvalue weighted by molar-refractivity contribution is 0.103. The highest BCUT2D eigenvalue weighted by atomic mass is 32.2. The summed E-state index contributed by atoms with van der Waals surface area (Å²) in [5, 5.41) is 0. The molecule has 0 bridgehead atoms. The van der Waals surface area contributed by atoms with E-state index in [1.807, 2.05) is 48.5 Å². The number of carbonyl (C=O) groups is 1. The predicted octanol–water partition coefficient (Wildman–Crippen LogP) is 9.17. The molecule has 0 N–H and O–H groups in total. The van der Waals surface area contributed by atoms with E-state index in [4.69, 9.17) is 4.74 Å². The standard InChI is InChI=1S/C32H22F2O2S2/c1-36-26-11-2-22(3-12-26)32(35)23-6-15-28(16-7-23)37-27-13-4-21(5-14-27)30-20-25(34)10-19-31(30)38-29-17-8-24(33)9-18-29/h2-20H,1H3. The van der Waals surface area contributed by atoms with Gasteiger partial charge in [-0.25, -0.2) is 8.78 Å². The lowest BCUT2D eigenvalue weighted by Gasteiger charge is -2.11. The molecule has 5 aromatic rings. The molecule has 0 spiro atoms. The van der Waals surface area contributed by atoms with Crippen molar-refractivity contribution in [1.29, 1.82) is 0 Å². The van der Waals surface area contributed by atoms with Crippen molar-refractivity contribution in [3.05, 3.63) is 138 Å². The number of hydrogen-bond acceptors (Lipinski definition) is 4. The van der Waals surface area contributed by atoms with Crippen LogP contribution in [-0.2, 0) is 0 Å². The highest BCUT2D eigenvalue weighted by Crippen LogP contribution is 2.38. The molecule has 0 aliphatic rings. The molecular weight excluding hydrogens is 518 g/mol. The summed E-state index contributed by atoms with van der Waals surface area (Å²) in [6.45, 7) is 0. The smallest absolute Gasteiger partial charge is 0.193 e. The van der Waals surface area contributed by atoms with Gasteiger partial charge in [0.05, 0.1) is 7.11 Å². The second kappa shape index (κ2) is 11.7. The second-order valence-corrected chi connectivity index (χ2v) is 10.7. The van der Waals surface area contributed by atoms with E-state index in [0.29, 0.717) is 16.9 Å². The van der Waals surface area contributed by atoms with Crippen LogP contribution >= 0.6 is 23.5 Å². The lowest BCUT2D eigenvalue weighted by Crippen LogP contribution is -2.00. The average molecular weight is 541 g/mol. The Morgan fingerprint density at radius 1 is 0.605 bits per heavy atom. The Hall–Kier alpha value is -3.87. The fourth-order valence-corrected chi connectivity index (χ4v) is 5.63. The van der Waals surface area contributed by atoms with Crippen molar-refractivity contribution in [3.8, 4) is 16.9 Å². The first-order valence-corrected chi connectivity index (χ1v) is 13.4. The molecule has 0 saturated heterocycles. The van der Waals surface area contributed by atoms with E-state index in [1.165, 1.54) is 36.0 Å². The van der Waals surface area contributed by atoms with Crippen molar-refractivity contribution in [3.63, 3.8) is 0 Å². The first-order chi connectivity index (χ1) is 18.5. The number of carbonyl (C=O) groups excluding carboxylic acids is 1. The number of hydrogen-bond donors (Lipinski definition) is 0. The summed E-state index contributed by atoms with van der Waals surface area (Å²) in [6, 6.07) is 33.4. The molecule has 2 nitrogen and oxygen atoms in total. The maximum absolute atomic E-state index is 14.1. The predicted molar refractivity (Wildman–Crippen MR) is 149 cm³/mol. The monoisotopic (exact) mass is 540 g/mol. The van der Waals surface area contributed by atoms with Crippen LogP contribution in [0.2, 0.25) is 0 Å². The van der Waals surface area contributed by atoms with Gasteiger partial charge in [-0.15, -0.1) is 0 Å². The van der Waals surface area contributed by atoms with Gasteiger partial charge >= 0.3 is 0 Å². The summed E-state index contributed by atoms with van der Waals surface area (Å²) in [7, 11) is 1.59. The van der Waals surface area contributed by atoms with Gasteiger partial charge in [0.2, 0.25) is 0 Å². The Bertz CT molecular complexity index is 1550. The number of halogens is 2. The largest absolute Gasteiger partial charge is 0.497 e. The summed E-state index contributed by atoms with van der Waals surface area (Å²) in [5.41, 5.74) is 2.89. The molecule has 0 atom stereocenters. The zero-order chi connectivity index (χ0) is 26.5. The summed E-state index contributed by atoms with van der Waals surface area (Å²) in [4.78, 5) is 16.6. The molecule has 0 unspecified atom stereocenters. The third-order valence-electron chi connectivity index (χ3n) is 5.85. The molecule has 188 valence electrons. The van der Waals surface area contributed by atoms with Crippen LogP contribution in [0.3, 0.4) is 0 Å². The molecule has 38 heavy (non-hydrogen) atoms. The van der Waals surface area contributed by atoms with E-state index in [0.717, 1.165) is 30.7 Å². The second-order valence-electron chi connectivity index (χ2n) is 8.40. The number of benzene rings is 5. The van der Waals surface area contributed by atoms with Crippen molar-refractivity contribution < 1.29 is 18.3 Å². The number of ether oxygens (including phenoxy) is 1. The van der Waals surface area contributed by atoms with Crippen LogP contribution in [0.1, 0.15) is 15.9 Å². The normalized spacial score (nSPS) is 10.8. The van der Waals surface area contributed by atoms with Gasteiger partial charge in [-0.3, -0.25) is 4.79 Å². The Morgan fingerprint density at radius 3 is 1.71 bits per heavy atom. The summed E-state index contributed by atoms with van der Waals surface area (Å²) < 4.78 is 32.6. The maximum atomic E-state index is 14.1. The van der Waals surface area contributed by atoms with E-state index in [-0.39, 0.29) is 17.4 Å². The summed E-state index contributed by atoms with van der Waals surface area (Å²) in [6.07, 6.45) is 0. The van der Waals surface area contributed by atoms with Gasteiger partial charge in [0, 0.05) is 30.7 Å². The summed E-state index contributed by atoms with van der Waals surface area (Å²) >= 11 is 3.05. The molecule has 5 rings (SSSR count). The molecule has 0 aromatic heterocycles. The van der Waals surface area contributed by atoms with Crippen molar-refractivity contribution in [2.45, 2.75) is 19.6 Å². The van der Waals surface area contributed by atoms with Crippen LogP contribution in [0.25, 0.3) is 11.1 Å². The fraction of sp³-hybridized carbons (Fsp3) is 0.0312. The van der Waals surface area contributed by atoms with Gasteiger partial charge in [-0.2, -0.15) is 0 Å². The minimum Gasteiger partial charge on any atom is -0.497 e. The fourth-order valence-electron chi connectivity index (χ4n) is 3.87. The first kappa shape index (κ1) is 25.8. The molecule has 0 saturated carbocycles. The Kier molecular flexibility index (Phi) is 7.91. The van der Waals surface area contributed by atoms with Crippen LogP contribution in [0.15, 0.2) is 135 Å². The number of rotatable bonds is 8. The molecular formula is C32H22F2O2S2. The van der Waals surface area contributed by atoms with Gasteiger partial charge in [0.25, 0.3) is 0 Å². The van der Waals surface area contributed by atoms with E-state index >= 15 is 0 Å². The van der Waals surface area contributed by atoms with Gasteiger partial charge in [-0.1, -0.05) is 35.7 Å². The van der Waals surface area contributed by atoms with Crippen molar-refractivity contribution in [2.24, 2.45) is 0 Å². The van der Waals surface area contributed by atoms with Gasteiger partial charge in [0.15, 0.2) is 5.78 Å². The molecule has 0 heterocycles. The lowest BCUT2D eigenvalue weighted by atomic mass is 10.0. The van der Waals surface area contributed by atoms with Crippen molar-refractivity contribution >= 4 is 29.3 Å². The number of ketones is 1.